The van der Waals surface area contributed by atoms with Crippen molar-refractivity contribution in [3.8, 4) is 11.1 Å². The van der Waals surface area contributed by atoms with Crippen molar-refractivity contribution >= 4 is 15.9 Å². The minimum absolute atomic E-state index is 0.215. The number of halogens is 2. The number of benzene rings is 1. The lowest BCUT2D eigenvalue weighted by Gasteiger charge is -2.06. The number of nitrogens with zero attached hydrogens (tertiary/aromatic N) is 1. The maximum Gasteiger partial charge on any atom is 0.131 e. The molecule has 1 nitrogen and oxygen atoms in total. The van der Waals surface area contributed by atoms with Crippen molar-refractivity contribution in [2.45, 2.75) is 5.33 Å². The summed E-state index contributed by atoms with van der Waals surface area (Å²) >= 11 is 3.35. The van der Waals surface area contributed by atoms with Gasteiger partial charge >= 0.3 is 0 Å². The molecule has 2 rings (SSSR count). The standard InChI is InChI=1S/C12H9BrFN/c13-8-12-10(5-3-7-15-12)9-4-1-2-6-11(9)14/h1-7H,8H2. The van der Waals surface area contributed by atoms with Crippen LogP contribution in [0.5, 0.6) is 0 Å². The molecule has 0 aliphatic heterocycles. The van der Waals surface area contributed by atoms with E-state index in [2.05, 4.69) is 20.9 Å². The van der Waals surface area contributed by atoms with E-state index < -0.39 is 0 Å². The molecule has 0 saturated carbocycles. The summed E-state index contributed by atoms with van der Waals surface area (Å²) in [6, 6.07) is 10.4. The lowest BCUT2D eigenvalue weighted by atomic mass is 10.0. The van der Waals surface area contributed by atoms with Crippen molar-refractivity contribution in [2.75, 3.05) is 0 Å². The van der Waals surface area contributed by atoms with Crippen LogP contribution in [0.15, 0.2) is 42.6 Å². The molecule has 0 radical (unpaired) electrons. The molecule has 0 N–H and O–H groups in total. The van der Waals surface area contributed by atoms with Crippen LogP contribution in [0.3, 0.4) is 0 Å². The largest absolute Gasteiger partial charge is 0.260 e. The number of hydrogen-bond donors (Lipinski definition) is 0. The summed E-state index contributed by atoms with van der Waals surface area (Å²) in [4.78, 5) is 4.20. The van der Waals surface area contributed by atoms with Gasteiger partial charge in [0.2, 0.25) is 0 Å². The van der Waals surface area contributed by atoms with Crippen LogP contribution in [0.25, 0.3) is 11.1 Å². The van der Waals surface area contributed by atoms with E-state index in [0.717, 1.165) is 11.3 Å². The predicted octanol–water partition coefficient (Wildman–Crippen LogP) is 3.78. The maximum atomic E-state index is 13.5. The molecule has 3 heteroatoms. The van der Waals surface area contributed by atoms with Crippen molar-refractivity contribution in [1.82, 2.24) is 4.98 Å². The minimum Gasteiger partial charge on any atom is -0.260 e. The van der Waals surface area contributed by atoms with Gasteiger partial charge < -0.3 is 0 Å². The van der Waals surface area contributed by atoms with E-state index >= 15 is 0 Å². The highest BCUT2D eigenvalue weighted by molar-refractivity contribution is 9.08. The molecule has 0 saturated heterocycles. The topological polar surface area (TPSA) is 12.9 Å². The van der Waals surface area contributed by atoms with Crippen molar-refractivity contribution in [3.05, 3.63) is 54.1 Å². The quantitative estimate of drug-likeness (QED) is 0.754. The van der Waals surface area contributed by atoms with Gasteiger partial charge in [0, 0.05) is 22.7 Å². The lowest BCUT2D eigenvalue weighted by Crippen LogP contribution is -1.91. The molecule has 76 valence electrons. The molecule has 15 heavy (non-hydrogen) atoms. The average Bonchev–Trinajstić information content (AvgIpc) is 2.30. The van der Waals surface area contributed by atoms with Gasteiger partial charge in [-0.15, -0.1) is 0 Å². The normalized spacial score (nSPS) is 10.3. The van der Waals surface area contributed by atoms with Crippen LogP contribution in [0, 0.1) is 5.82 Å². The molecule has 1 aromatic carbocycles. The van der Waals surface area contributed by atoms with Crippen LogP contribution in [-0.2, 0) is 5.33 Å². The van der Waals surface area contributed by atoms with Crippen LogP contribution in [-0.4, -0.2) is 4.98 Å². The summed E-state index contributed by atoms with van der Waals surface area (Å²) in [5.74, 6) is -0.215. The second kappa shape index (κ2) is 4.53. The molecule has 0 atom stereocenters. The van der Waals surface area contributed by atoms with Crippen molar-refractivity contribution < 1.29 is 4.39 Å². The van der Waals surface area contributed by atoms with Crippen LogP contribution in [0.4, 0.5) is 4.39 Å². The highest BCUT2D eigenvalue weighted by atomic mass is 79.9. The maximum absolute atomic E-state index is 13.5. The number of aromatic nitrogens is 1. The first-order chi connectivity index (χ1) is 7.33. The summed E-state index contributed by atoms with van der Waals surface area (Å²) < 4.78 is 13.5. The number of pyridine rings is 1. The number of alkyl halides is 1. The van der Waals surface area contributed by atoms with Crippen molar-refractivity contribution in [3.63, 3.8) is 0 Å². The highest BCUT2D eigenvalue weighted by Gasteiger charge is 2.08. The molecule has 1 heterocycles. The molecule has 0 unspecified atom stereocenters. The first-order valence-corrected chi connectivity index (χ1v) is 5.70. The van der Waals surface area contributed by atoms with E-state index in [1.54, 1.807) is 18.3 Å². The minimum atomic E-state index is -0.215. The van der Waals surface area contributed by atoms with Crippen LogP contribution in [0.2, 0.25) is 0 Å². The fourth-order valence-electron chi connectivity index (χ4n) is 1.47. The molecule has 0 fully saturated rings. The first kappa shape index (κ1) is 10.3. The Balaban J connectivity index is 2.59. The molecule has 0 spiro atoms. The van der Waals surface area contributed by atoms with E-state index in [1.807, 2.05) is 18.2 Å². The fourth-order valence-corrected chi connectivity index (χ4v) is 1.92. The molecular weight excluding hydrogens is 257 g/mol. The van der Waals surface area contributed by atoms with Gasteiger partial charge in [-0.05, 0) is 12.1 Å². The van der Waals surface area contributed by atoms with Gasteiger partial charge in [0.1, 0.15) is 5.82 Å². The smallest absolute Gasteiger partial charge is 0.131 e. The predicted molar refractivity (Wildman–Crippen MR) is 62.3 cm³/mol. The Kier molecular flexibility index (Phi) is 3.11. The molecule has 0 aliphatic carbocycles. The van der Waals surface area contributed by atoms with Gasteiger partial charge in [0.05, 0.1) is 5.69 Å². The zero-order chi connectivity index (χ0) is 10.7. The van der Waals surface area contributed by atoms with E-state index in [-0.39, 0.29) is 5.82 Å². The van der Waals surface area contributed by atoms with E-state index in [9.17, 15) is 4.39 Å². The summed E-state index contributed by atoms with van der Waals surface area (Å²) in [6.07, 6.45) is 1.71. The summed E-state index contributed by atoms with van der Waals surface area (Å²) in [5.41, 5.74) is 2.29. The van der Waals surface area contributed by atoms with E-state index in [1.165, 1.54) is 6.07 Å². The Morgan fingerprint density at radius 3 is 2.53 bits per heavy atom. The van der Waals surface area contributed by atoms with Crippen LogP contribution < -0.4 is 0 Å². The van der Waals surface area contributed by atoms with Crippen molar-refractivity contribution in [1.29, 1.82) is 0 Å². The first-order valence-electron chi connectivity index (χ1n) is 4.57. The molecular formula is C12H9BrFN. The number of rotatable bonds is 2. The highest BCUT2D eigenvalue weighted by Crippen LogP contribution is 2.25. The Hall–Kier alpha value is -1.22. The van der Waals surface area contributed by atoms with Gasteiger partial charge in [0.25, 0.3) is 0 Å². The average molecular weight is 266 g/mol. The molecule has 0 bridgehead atoms. The Morgan fingerprint density at radius 2 is 1.80 bits per heavy atom. The van der Waals surface area contributed by atoms with Gasteiger partial charge in [-0.25, -0.2) is 4.39 Å². The van der Waals surface area contributed by atoms with Gasteiger partial charge in [-0.3, -0.25) is 4.98 Å². The molecule has 2 aromatic rings. The van der Waals surface area contributed by atoms with Crippen LogP contribution in [0.1, 0.15) is 5.69 Å². The zero-order valence-corrected chi connectivity index (χ0v) is 9.54. The summed E-state index contributed by atoms with van der Waals surface area (Å²) in [5, 5.41) is 0.623. The van der Waals surface area contributed by atoms with Crippen LogP contribution >= 0.6 is 15.9 Å². The van der Waals surface area contributed by atoms with E-state index in [0.29, 0.717) is 10.9 Å². The molecule has 1 aromatic heterocycles. The third-order valence-electron chi connectivity index (χ3n) is 2.18. The zero-order valence-electron chi connectivity index (χ0n) is 7.95. The summed E-state index contributed by atoms with van der Waals surface area (Å²) in [7, 11) is 0. The van der Waals surface area contributed by atoms with Gasteiger partial charge in [-0.2, -0.15) is 0 Å². The van der Waals surface area contributed by atoms with E-state index in [4.69, 9.17) is 0 Å². The third-order valence-corrected chi connectivity index (χ3v) is 2.71. The third kappa shape index (κ3) is 2.07. The van der Waals surface area contributed by atoms with Crippen molar-refractivity contribution in [2.24, 2.45) is 0 Å². The van der Waals surface area contributed by atoms with Gasteiger partial charge in [-0.1, -0.05) is 40.2 Å². The molecule has 0 aliphatic rings. The lowest BCUT2D eigenvalue weighted by molar-refractivity contribution is 0.631. The van der Waals surface area contributed by atoms with Gasteiger partial charge in [0.15, 0.2) is 0 Å². The fraction of sp³-hybridized carbons (Fsp3) is 0.0833. The Morgan fingerprint density at radius 1 is 1.07 bits per heavy atom. The summed E-state index contributed by atoms with van der Waals surface area (Å²) in [6.45, 7) is 0. The SMILES string of the molecule is Fc1ccccc1-c1cccnc1CBr. The monoisotopic (exact) mass is 265 g/mol. The molecule has 0 amide bonds. The Labute approximate surface area is 96.1 Å². The Bertz CT molecular complexity index is 471. The number of hydrogen-bond acceptors (Lipinski definition) is 1. The second-order valence-corrected chi connectivity index (χ2v) is 3.67. The second-order valence-electron chi connectivity index (χ2n) is 3.11.